The lowest BCUT2D eigenvalue weighted by molar-refractivity contribution is 0.483. The SMILES string of the molecule is Cc1ccc2c(c1)-c1nc-2nc2[nH]c(nc3nc(nc4[nH]c(n1)c1ccc(C)cc41)-c1ccc(S(=O)O)cc1-3)c1ccc(S(=O)(=O)O)cc21. The van der Waals surface area contributed by atoms with Gasteiger partial charge in [0, 0.05) is 43.8 Å². The van der Waals surface area contributed by atoms with Gasteiger partial charge in [-0.15, -0.1) is 0 Å². The molecule has 2 aliphatic rings. The summed E-state index contributed by atoms with van der Waals surface area (Å²) in [5.74, 6) is 1.27. The standard InChI is InChI=1S/C34H22N8O5S2/c1-15-3-7-19-23(11-15)32-36-27(19)35-31-24-12-16(2)4-8-20(24)28(37-31)41-34-26-14-18(49(45,46)47)6-10-22(26)30(42-34)40-33-25-13-17(48(43)44)5-9-21(25)29(38-32)39-33/h3-14H,1-2H3,(H,43,44)(H,45,46,47)(H2,35,36,37,38,39,40,41,42). The molecule has 5 heterocycles. The first-order chi connectivity index (χ1) is 23.5. The van der Waals surface area contributed by atoms with E-state index < -0.39 is 21.2 Å². The van der Waals surface area contributed by atoms with E-state index in [9.17, 15) is 21.7 Å². The Morgan fingerprint density at radius 3 is 1.61 bits per heavy atom. The van der Waals surface area contributed by atoms with Crippen molar-refractivity contribution in [2.24, 2.45) is 0 Å². The number of hydrogen-bond acceptors (Lipinski definition) is 9. The third-order valence-corrected chi connectivity index (χ3v) is 10.1. The second-order valence-corrected chi connectivity index (χ2v) is 14.2. The zero-order chi connectivity index (χ0) is 33.8. The summed E-state index contributed by atoms with van der Waals surface area (Å²) in [5, 5.41) is 2.47. The van der Waals surface area contributed by atoms with Gasteiger partial charge in [0.1, 0.15) is 22.6 Å². The van der Waals surface area contributed by atoms with Crippen LogP contribution in [0.4, 0.5) is 0 Å². The molecule has 2 aliphatic heterocycles. The minimum atomic E-state index is -4.55. The van der Waals surface area contributed by atoms with Crippen molar-refractivity contribution in [1.82, 2.24) is 39.9 Å². The molecular weight excluding hydrogens is 665 g/mol. The topological polar surface area (TPSA) is 201 Å². The number of aryl methyl sites for hydroxylation is 2. The van der Waals surface area contributed by atoms with E-state index in [0.717, 1.165) is 33.0 Å². The fraction of sp³-hybridized carbons (Fsp3) is 0.0588. The number of nitrogens with one attached hydrogen (secondary N) is 2. The molecule has 0 radical (unpaired) electrons. The summed E-state index contributed by atoms with van der Waals surface area (Å²) in [6, 6.07) is 20.6. The first-order valence-electron chi connectivity index (χ1n) is 14.9. The van der Waals surface area contributed by atoms with E-state index >= 15 is 0 Å². The third kappa shape index (κ3) is 4.74. The zero-order valence-corrected chi connectivity index (χ0v) is 27.2. The normalized spacial score (nSPS) is 13.1. The highest BCUT2D eigenvalue weighted by atomic mass is 32.2. The van der Waals surface area contributed by atoms with Gasteiger partial charge in [-0.1, -0.05) is 35.4 Å². The van der Waals surface area contributed by atoms with Crippen LogP contribution in [0.1, 0.15) is 11.1 Å². The molecule has 15 heteroatoms. The monoisotopic (exact) mass is 686 g/mol. The van der Waals surface area contributed by atoms with Crippen LogP contribution in [-0.2, 0) is 21.2 Å². The van der Waals surface area contributed by atoms with Crippen molar-refractivity contribution in [1.29, 1.82) is 0 Å². The number of fused-ring (bicyclic) bond motifs is 20. The van der Waals surface area contributed by atoms with E-state index in [2.05, 4.69) is 9.97 Å². The number of hydrogen-bond donors (Lipinski definition) is 4. The molecule has 4 aromatic carbocycles. The molecule has 1 unspecified atom stereocenters. The molecule has 49 heavy (non-hydrogen) atoms. The van der Waals surface area contributed by atoms with Crippen LogP contribution in [0.2, 0.25) is 0 Å². The molecule has 3 aromatic heterocycles. The van der Waals surface area contributed by atoms with Crippen LogP contribution >= 0.6 is 0 Å². The Kier molecular flexibility index (Phi) is 6.23. The summed E-state index contributed by atoms with van der Waals surface area (Å²) in [6.07, 6.45) is 0. The quantitative estimate of drug-likeness (QED) is 0.117. The van der Waals surface area contributed by atoms with Crippen molar-refractivity contribution in [2.45, 2.75) is 23.6 Å². The van der Waals surface area contributed by atoms with Crippen LogP contribution in [0.3, 0.4) is 0 Å². The molecule has 7 aromatic rings. The lowest BCUT2D eigenvalue weighted by atomic mass is 10.1. The van der Waals surface area contributed by atoms with Gasteiger partial charge in [-0.2, -0.15) is 8.42 Å². The van der Waals surface area contributed by atoms with Gasteiger partial charge < -0.3 is 14.5 Å². The van der Waals surface area contributed by atoms with Crippen molar-refractivity contribution in [2.75, 3.05) is 0 Å². The number of H-pyrrole nitrogens is 2. The van der Waals surface area contributed by atoms with Crippen LogP contribution in [0.5, 0.6) is 0 Å². The van der Waals surface area contributed by atoms with Crippen LogP contribution in [0, 0.1) is 13.8 Å². The van der Waals surface area contributed by atoms with Crippen LogP contribution in [0.15, 0.2) is 82.6 Å². The zero-order valence-electron chi connectivity index (χ0n) is 25.5. The number of nitrogens with zero attached hydrogens (tertiary/aromatic N) is 6. The fourth-order valence-electron chi connectivity index (χ4n) is 6.25. The predicted octanol–water partition coefficient (Wildman–Crippen LogP) is 6.31. The number of aromatic amines is 2. The molecule has 0 spiro atoms. The van der Waals surface area contributed by atoms with Crippen molar-refractivity contribution < 1.29 is 21.7 Å². The van der Waals surface area contributed by atoms with E-state index in [1.165, 1.54) is 30.3 Å². The van der Waals surface area contributed by atoms with Gasteiger partial charge >= 0.3 is 0 Å². The molecule has 0 amide bonds. The largest absolute Gasteiger partial charge is 0.324 e. The van der Waals surface area contributed by atoms with Crippen molar-refractivity contribution in [3.05, 3.63) is 83.9 Å². The molecule has 0 aliphatic carbocycles. The molecule has 1 atom stereocenters. The van der Waals surface area contributed by atoms with E-state index in [0.29, 0.717) is 50.7 Å². The van der Waals surface area contributed by atoms with Crippen molar-refractivity contribution in [3.63, 3.8) is 0 Å². The molecule has 0 fully saturated rings. The predicted molar refractivity (Wildman–Crippen MR) is 184 cm³/mol. The first kappa shape index (κ1) is 29.4. The molecule has 9 rings (SSSR count). The second kappa shape index (κ2) is 10.4. The maximum Gasteiger partial charge on any atom is 0.294 e. The van der Waals surface area contributed by atoms with E-state index in [1.807, 2.05) is 50.2 Å². The lowest BCUT2D eigenvalue weighted by Crippen LogP contribution is -1.97. The average Bonchev–Trinajstić information content (AvgIpc) is 3.78. The molecule has 0 saturated carbocycles. The van der Waals surface area contributed by atoms with Gasteiger partial charge in [0.2, 0.25) is 0 Å². The van der Waals surface area contributed by atoms with E-state index in [-0.39, 0.29) is 26.9 Å². The van der Waals surface area contributed by atoms with Gasteiger partial charge in [-0.05, 0) is 62.4 Å². The van der Waals surface area contributed by atoms with Gasteiger partial charge in [0.05, 0.1) is 9.79 Å². The molecule has 240 valence electrons. The Balaban J connectivity index is 1.49. The lowest BCUT2D eigenvalue weighted by Gasteiger charge is -2.01. The van der Waals surface area contributed by atoms with Crippen molar-refractivity contribution in [3.8, 4) is 45.6 Å². The maximum atomic E-state index is 12.2. The molecule has 8 bridgehead atoms. The Morgan fingerprint density at radius 2 is 1.02 bits per heavy atom. The summed E-state index contributed by atoms with van der Waals surface area (Å²) < 4.78 is 56.2. The highest BCUT2D eigenvalue weighted by molar-refractivity contribution is 7.85. The Labute approximate surface area is 279 Å². The molecule has 13 nitrogen and oxygen atoms in total. The van der Waals surface area contributed by atoms with E-state index in [4.69, 9.17) is 29.9 Å². The Bertz CT molecular complexity index is 2940. The molecule has 0 saturated heterocycles. The summed E-state index contributed by atoms with van der Waals surface area (Å²) in [7, 11) is -4.55. The molecular formula is C34H22N8O5S2. The van der Waals surface area contributed by atoms with Gasteiger partial charge in [-0.3, -0.25) is 4.55 Å². The van der Waals surface area contributed by atoms with Gasteiger partial charge in [0.25, 0.3) is 10.1 Å². The van der Waals surface area contributed by atoms with Crippen LogP contribution in [-0.4, -0.2) is 61.6 Å². The highest BCUT2D eigenvalue weighted by Crippen LogP contribution is 2.38. The van der Waals surface area contributed by atoms with E-state index in [1.54, 1.807) is 6.07 Å². The second-order valence-electron chi connectivity index (χ2n) is 11.8. The minimum Gasteiger partial charge on any atom is -0.324 e. The summed E-state index contributed by atoms with van der Waals surface area (Å²) in [5.41, 5.74) is 6.11. The van der Waals surface area contributed by atoms with Crippen molar-refractivity contribution >= 4 is 65.3 Å². The van der Waals surface area contributed by atoms with Gasteiger partial charge in [0.15, 0.2) is 34.4 Å². The minimum absolute atomic E-state index is 0.153. The van der Waals surface area contributed by atoms with Crippen LogP contribution in [0.25, 0.3) is 89.7 Å². The Hall–Kier alpha value is -5.74. The number of benzene rings is 4. The first-order valence-corrected chi connectivity index (χ1v) is 17.5. The van der Waals surface area contributed by atoms with Crippen LogP contribution < -0.4 is 0 Å². The highest BCUT2D eigenvalue weighted by Gasteiger charge is 2.24. The third-order valence-electron chi connectivity index (χ3n) is 8.58. The average molecular weight is 687 g/mol. The number of rotatable bonds is 2. The summed E-state index contributed by atoms with van der Waals surface area (Å²) in [6.45, 7) is 3.96. The number of aromatic nitrogens is 8. The summed E-state index contributed by atoms with van der Waals surface area (Å²) in [4.78, 5) is 35.7. The summed E-state index contributed by atoms with van der Waals surface area (Å²) >= 11 is -2.27. The maximum absolute atomic E-state index is 12.2. The molecule has 4 N–H and O–H groups in total. The Morgan fingerprint density at radius 1 is 0.551 bits per heavy atom. The van der Waals surface area contributed by atoms with Gasteiger partial charge in [-0.25, -0.2) is 34.1 Å². The fourth-order valence-corrected chi connectivity index (χ4v) is 7.16. The smallest absolute Gasteiger partial charge is 0.294 e.